The molecule has 11 nitrogen and oxygen atoms in total. The van der Waals surface area contributed by atoms with E-state index in [4.69, 9.17) is 0 Å². The Kier molecular flexibility index (Phi) is 11.9. The number of nitrogens with one attached hydrogen (secondary N) is 2. The van der Waals surface area contributed by atoms with Gasteiger partial charge < -0.3 is 19.9 Å². The summed E-state index contributed by atoms with van der Waals surface area (Å²) < 4.78 is 18.5. The van der Waals surface area contributed by atoms with Gasteiger partial charge >= 0.3 is 11.7 Å². The number of aromatic amines is 1. The first-order valence-electron chi connectivity index (χ1n) is 17.7. The van der Waals surface area contributed by atoms with Crippen LogP contribution in [0.25, 0.3) is 10.9 Å². The predicted octanol–water partition coefficient (Wildman–Crippen LogP) is 5.54. The molecule has 2 saturated heterocycles. The van der Waals surface area contributed by atoms with Crippen LogP contribution in [0.1, 0.15) is 82.5 Å². The van der Waals surface area contributed by atoms with E-state index >= 15 is 4.39 Å². The van der Waals surface area contributed by atoms with E-state index in [0.29, 0.717) is 55.5 Å². The molecule has 0 aliphatic carbocycles. The lowest BCUT2D eigenvalue weighted by atomic mass is 9.92. The van der Waals surface area contributed by atoms with Crippen molar-refractivity contribution in [1.29, 1.82) is 0 Å². The highest BCUT2D eigenvalue weighted by Gasteiger charge is 2.39. The van der Waals surface area contributed by atoms with Gasteiger partial charge in [-0.05, 0) is 82.7 Å². The van der Waals surface area contributed by atoms with Crippen molar-refractivity contribution in [3.8, 4) is 0 Å². The van der Waals surface area contributed by atoms with E-state index in [1.165, 1.54) is 22.9 Å². The average molecular weight is 677 g/mol. The fourth-order valence-corrected chi connectivity index (χ4v) is 7.23. The Balaban J connectivity index is 1.18. The van der Waals surface area contributed by atoms with Crippen LogP contribution >= 0.6 is 0 Å². The first-order valence-corrected chi connectivity index (χ1v) is 17.7. The number of hydrogen-bond donors (Lipinski definition) is 3. The maximum Gasteiger partial charge on any atom is 0.341 e. The van der Waals surface area contributed by atoms with Crippen molar-refractivity contribution in [3.63, 3.8) is 0 Å². The summed E-state index contributed by atoms with van der Waals surface area (Å²) in [5.74, 6) is -1.06. The van der Waals surface area contributed by atoms with Crippen molar-refractivity contribution in [2.24, 2.45) is 5.92 Å². The molecule has 5 rings (SSSR count). The fraction of sp³-hybridized carbons (Fsp3) is 0.514. The van der Waals surface area contributed by atoms with E-state index in [2.05, 4.69) is 33.1 Å². The number of likely N-dealkylation sites (tertiary alicyclic amines) is 1. The number of pyridine rings is 1. The quantitative estimate of drug-likeness (QED) is 0.141. The molecule has 264 valence electrons. The monoisotopic (exact) mass is 676 g/mol. The van der Waals surface area contributed by atoms with Gasteiger partial charge in [0, 0.05) is 55.6 Å². The summed E-state index contributed by atoms with van der Waals surface area (Å²) in [6.07, 6.45) is 14.8. The number of piperidine rings is 1. The standard InChI is InChI=1S/C37H49FN6O5/c1-4-7-14-26(15-8-5-2)39-33-21-34(45)44(37(49)40-33)18-11-9-10-16-42-17-12-13-25-22-43(24-32(25)42)31-20-30-27(19-29(31)38)35(46)28(36(47)48)23-41(30)6-3/h7,14-15,19-21,23,25,32,39H,4-6,8-13,16-18,22,24H2,1-3H3,(H,40,49)(H,47,48)/b14-7-,26-15+. The number of carboxylic acid groups (broad SMARTS) is 1. The number of hydrogen-bond acceptors (Lipinski definition) is 7. The van der Waals surface area contributed by atoms with Crippen LogP contribution in [0.3, 0.4) is 0 Å². The van der Waals surface area contributed by atoms with E-state index in [0.717, 1.165) is 63.7 Å². The number of aryl methyl sites for hydroxylation is 1. The Morgan fingerprint density at radius 3 is 2.59 bits per heavy atom. The lowest BCUT2D eigenvalue weighted by molar-refractivity contribution is 0.0695. The molecule has 4 heterocycles. The predicted molar refractivity (Wildman–Crippen MR) is 192 cm³/mol. The van der Waals surface area contributed by atoms with Gasteiger partial charge in [0.25, 0.3) is 5.56 Å². The highest BCUT2D eigenvalue weighted by Crippen LogP contribution is 2.36. The number of carbonyl (C=O) groups is 1. The zero-order valence-corrected chi connectivity index (χ0v) is 28.8. The van der Waals surface area contributed by atoms with E-state index in [1.807, 2.05) is 26.0 Å². The topological polar surface area (TPSA) is 133 Å². The van der Waals surface area contributed by atoms with Crippen molar-refractivity contribution in [1.82, 2.24) is 19.0 Å². The van der Waals surface area contributed by atoms with Crippen LogP contribution in [0, 0.1) is 11.7 Å². The number of allylic oxidation sites excluding steroid dienone is 3. The van der Waals surface area contributed by atoms with Gasteiger partial charge in [0.1, 0.15) is 17.2 Å². The molecule has 1 aromatic carbocycles. The van der Waals surface area contributed by atoms with Gasteiger partial charge in [-0.2, -0.15) is 0 Å². The molecule has 49 heavy (non-hydrogen) atoms. The second kappa shape index (κ2) is 16.3. The van der Waals surface area contributed by atoms with Gasteiger partial charge in [0.2, 0.25) is 5.43 Å². The average Bonchev–Trinajstić information content (AvgIpc) is 3.52. The van der Waals surface area contributed by atoms with Crippen LogP contribution < -0.4 is 26.9 Å². The molecule has 2 fully saturated rings. The Bertz CT molecular complexity index is 1860. The third kappa shape index (κ3) is 8.24. The number of carboxylic acids is 1. The second-order valence-corrected chi connectivity index (χ2v) is 13.1. The van der Waals surface area contributed by atoms with Crippen LogP contribution in [-0.2, 0) is 13.1 Å². The number of fused-ring (bicyclic) bond motifs is 2. The van der Waals surface area contributed by atoms with E-state index < -0.39 is 22.9 Å². The first-order chi connectivity index (χ1) is 23.6. The van der Waals surface area contributed by atoms with Crippen LogP contribution in [-0.4, -0.2) is 62.3 Å². The minimum atomic E-state index is -1.32. The van der Waals surface area contributed by atoms with Gasteiger partial charge in [0.15, 0.2) is 0 Å². The summed E-state index contributed by atoms with van der Waals surface area (Å²) >= 11 is 0. The number of nitrogens with zero attached hydrogens (tertiary/aromatic N) is 4. The summed E-state index contributed by atoms with van der Waals surface area (Å²) in [4.78, 5) is 57.4. The lowest BCUT2D eigenvalue weighted by Gasteiger charge is -2.36. The Morgan fingerprint density at radius 1 is 1.08 bits per heavy atom. The van der Waals surface area contributed by atoms with Gasteiger partial charge in [-0.15, -0.1) is 0 Å². The molecule has 2 aliphatic rings. The molecule has 2 atom stereocenters. The Labute approximate surface area is 285 Å². The second-order valence-electron chi connectivity index (χ2n) is 13.1. The van der Waals surface area contributed by atoms with Crippen LogP contribution in [0.2, 0.25) is 0 Å². The Hall–Kier alpha value is -4.45. The number of aromatic carboxylic acids is 1. The summed E-state index contributed by atoms with van der Waals surface area (Å²) in [7, 11) is 0. The summed E-state index contributed by atoms with van der Waals surface area (Å²) in [6, 6.07) is 4.60. The van der Waals surface area contributed by atoms with E-state index in [-0.39, 0.29) is 22.6 Å². The molecule has 0 spiro atoms. The maximum atomic E-state index is 15.5. The largest absolute Gasteiger partial charge is 0.477 e. The lowest BCUT2D eigenvalue weighted by Crippen LogP contribution is -2.45. The maximum absolute atomic E-state index is 15.5. The van der Waals surface area contributed by atoms with Gasteiger partial charge in [-0.1, -0.05) is 38.8 Å². The van der Waals surface area contributed by atoms with Crippen molar-refractivity contribution >= 4 is 28.4 Å². The van der Waals surface area contributed by atoms with Crippen molar-refractivity contribution in [2.45, 2.75) is 91.3 Å². The molecule has 2 aromatic heterocycles. The number of benzene rings is 1. The summed E-state index contributed by atoms with van der Waals surface area (Å²) in [5, 5.41) is 12.7. The van der Waals surface area contributed by atoms with Gasteiger partial charge in [-0.3, -0.25) is 24.0 Å². The molecule has 3 aromatic rings. The molecule has 0 radical (unpaired) electrons. The summed E-state index contributed by atoms with van der Waals surface area (Å²) in [5.41, 5.74) is 0.0297. The van der Waals surface area contributed by atoms with Crippen LogP contribution in [0.5, 0.6) is 0 Å². The van der Waals surface area contributed by atoms with Gasteiger partial charge in [0.05, 0.1) is 11.2 Å². The molecule has 0 bridgehead atoms. The number of halogens is 1. The van der Waals surface area contributed by atoms with Crippen molar-refractivity contribution in [2.75, 3.05) is 36.4 Å². The number of unbranched alkanes of at least 4 members (excludes halogenated alkanes) is 3. The minimum absolute atomic E-state index is 0.0756. The molecular formula is C37H49FN6O5. The number of aromatic nitrogens is 3. The smallest absolute Gasteiger partial charge is 0.341 e. The van der Waals surface area contributed by atoms with Crippen molar-refractivity contribution in [3.05, 3.63) is 90.8 Å². The molecule has 0 amide bonds. The van der Waals surface area contributed by atoms with Crippen LogP contribution in [0.15, 0.2) is 62.7 Å². The zero-order valence-electron chi connectivity index (χ0n) is 28.8. The highest BCUT2D eigenvalue weighted by atomic mass is 19.1. The molecule has 2 aliphatic heterocycles. The molecular weight excluding hydrogens is 627 g/mol. The molecule has 0 saturated carbocycles. The third-order valence-electron chi connectivity index (χ3n) is 9.77. The van der Waals surface area contributed by atoms with Crippen LogP contribution in [0.4, 0.5) is 15.9 Å². The minimum Gasteiger partial charge on any atom is -0.477 e. The van der Waals surface area contributed by atoms with E-state index in [1.54, 1.807) is 10.6 Å². The number of anilines is 2. The fourth-order valence-electron chi connectivity index (χ4n) is 7.23. The van der Waals surface area contributed by atoms with Crippen molar-refractivity contribution < 1.29 is 14.3 Å². The number of rotatable bonds is 15. The number of H-pyrrole nitrogens is 1. The molecule has 12 heteroatoms. The SMILES string of the molecule is CC/C=C\C(=C/CCC)Nc1cc(=O)n(CCCCCN2CCCC3CN(c4cc5c(cc4F)c(=O)c(C(=O)O)cn5CC)CC32)c(=O)[nH]1. The molecule has 2 unspecified atom stereocenters. The van der Waals surface area contributed by atoms with Gasteiger partial charge in [-0.25, -0.2) is 14.0 Å². The van der Waals surface area contributed by atoms with E-state index in [9.17, 15) is 24.3 Å². The molecule has 3 N–H and O–H groups in total. The zero-order chi connectivity index (χ0) is 35.1. The third-order valence-corrected chi connectivity index (χ3v) is 9.77. The first kappa shape index (κ1) is 35.8. The summed E-state index contributed by atoms with van der Waals surface area (Å²) in [6.45, 7) is 10.0. The Morgan fingerprint density at radius 2 is 1.88 bits per heavy atom. The normalized spacial score (nSPS) is 18.4. The highest BCUT2D eigenvalue weighted by molar-refractivity contribution is 5.93.